The van der Waals surface area contributed by atoms with Crippen molar-refractivity contribution in [1.29, 1.82) is 0 Å². The second-order valence-electron chi connectivity index (χ2n) is 4.40. The highest BCUT2D eigenvalue weighted by Crippen LogP contribution is 2.02. The molecule has 7 nitrogen and oxygen atoms in total. The lowest BCUT2D eigenvalue weighted by atomic mass is 10.4. The van der Waals surface area contributed by atoms with Crippen LogP contribution in [0.25, 0.3) is 0 Å². The summed E-state index contributed by atoms with van der Waals surface area (Å²) in [5.41, 5.74) is 1.99. The highest BCUT2D eigenvalue weighted by atomic mass is 16.6. The quantitative estimate of drug-likeness (QED) is 0.679. The number of hydrogen-bond donors (Lipinski definition) is 0. The molecule has 0 aromatic carbocycles. The van der Waals surface area contributed by atoms with Crippen molar-refractivity contribution in [2.45, 2.75) is 13.8 Å². The summed E-state index contributed by atoms with van der Waals surface area (Å²) in [4.78, 5) is 16.1. The van der Waals surface area contributed by atoms with Crippen molar-refractivity contribution >= 4 is 0 Å². The Morgan fingerprint density at radius 2 is 1.05 bits per heavy atom. The first-order valence-electron chi connectivity index (χ1n) is 6.64. The summed E-state index contributed by atoms with van der Waals surface area (Å²) in [6, 6.07) is 0.710. The van der Waals surface area contributed by atoms with Crippen molar-refractivity contribution in [1.82, 2.24) is 19.9 Å². The summed E-state index contributed by atoms with van der Waals surface area (Å²) in [7, 11) is 0. The predicted octanol–water partition coefficient (Wildman–Crippen LogP) is 1.36. The van der Waals surface area contributed by atoms with Crippen LogP contribution in [0, 0.1) is 13.8 Å². The van der Waals surface area contributed by atoms with Crippen molar-refractivity contribution in [2.24, 2.45) is 0 Å². The van der Waals surface area contributed by atoms with E-state index in [1.807, 2.05) is 13.8 Å². The Kier molecular flexibility index (Phi) is 5.83. The van der Waals surface area contributed by atoms with Crippen LogP contribution in [0.1, 0.15) is 11.1 Å². The average Bonchev–Trinajstić information content (AvgIpc) is 2.50. The third-order valence-electron chi connectivity index (χ3n) is 2.43. The smallest absolute Gasteiger partial charge is 0.316 e. The molecule has 0 bridgehead atoms. The average molecular weight is 290 g/mol. The van der Waals surface area contributed by atoms with Gasteiger partial charge < -0.3 is 14.2 Å². The summed E-state index contributed by atoms with van der Waals surface area (Å²) in [5, 5.41) is 0. The zero-order valence-corrected chi connectivity index (χ0v) is 12.2. The molecule has 0 fully saturated rings. The van der Waals surface area contributed by atoms with Crippen LogP contribution in [-0.2, 0) is 4.74 Å². The molecule has 0 N–H and O–H groups in total. The van der Waals surface area contributed by atoms with E-state index in [0.29, 0.717) is 38.4 Å². The number of aromatic nitrogens is 4. The molecule has 0 atom stereocenters. The fraction of sp³-hybridized carbons (Fsp3) is 0.429. The first-order chi connectivity index (χ1) is 10.2. The third kappa shape index (κ3) is 5.70. The van der Waals surface area contributed by atoms with Crippen molar-refractivity contribution in [2.75, 3.05) is 26.4 Å². The summed E-state index contributed by atoms with van der Waals surface area (Å²) in [6.45, 7) is 5.51. The second kappa shape index (κ2) is 8.11. The lowest BCUT2D eigenvalue weighted by Crippen LogP contribution is -2.13. The van der Waals surface area contributed by atoms with Gasteiger partial charge in [0, 0.05) is 24.8 Å². The fourth-order valence-electron chi connectivity index (χ4n) is 1.40. The standard InChI is InChI=1S/C14H18N4O3/c1-11-7-15-13(16-8-11)20-5-3-19-4-6-21-14-17-9-12(2)10-18-14/h7-10H,3-6H2,1-2H3. The molecule has 7 heteroatoms. The molecule has 112 valence electrons. The molecule has 0 unspecified atom stereocenters. The Balaban J connectivity index is 1.52. The maximum absolute atomic E-state index is 5.36. The van der Waals surface area contributed by atoms with Crippen LogP contribution in [-0.4, -0.2) is 46.4 Å². The number of hydrogen-bond acceptors (Lipinski definition) is 7. The lowest BCUT2D eigenvalue weighted by Gasteiger charge is -2.06. The highest BCUT2D eigenvalue weighted by Gasteiger charge is 1.98. The van der Waals surface area contributed by atoms with Crippen LogP contribution in [0.3, 0.4) is 0 Å². The van der Waals surface area contributed by atoms with E-state index in [2.05, 4.69) is 19.9 Å². The van der Waals surface area contributed by atoms with Gasteiger partial charge in [-0.2, -0.15) is 0 Å². The first kappa shape index (κ1) is 15.1. The van der Waals surface area contributed by atoms with Crippen LogP contribution < -0.4 is 9.47 Å². The molecule has 0 aliphatic carbocycles. The number of nitrogens with zero attached hydrogens (tertiary/aromatic N) is 4. The van der Waals surface area contributed by atoms with E-state index in [0.717, 1.165) is 11.1 Å². The summed E-state index contributed by atoms with van der Waals surface area (Å²) < 4.78 is 16.0. The van der Waals surface area contributed by atoms with Gasteiger partial charge in [-0.05, 0) is 25.0 Å². The monoisotopic (exact) mass is 290 g/mol. The summed E-state index contributed by atoms with van der Waals surface area (Å²) >= 11 is 0. The van der Waals surface area contributed by atoms with Crippen LogP contribution in [0.4, 0.5) is 0 Å². The molecule has 2 aromatic heterocycles. The Morgan fingerprint density at radius 3 is 1.43 bits per heavy atom. The van der Waals surface area contributed by atoms with Crippen molar-refractivity contribution in [3.05, 3.63) is 35.9 Å². The van der Waals surface area contributed by atoms with Crippen LogP contribution in [0.2, 0.25) is 0 Å². The van der Waals surface area contributed by atoms with Gasteiger partial charge in [-0.25, -0.2) is 19.9 Å². The second-order valence-corrected chi connectivity index (χ2v) is 4.40. The zero-order valence-electron chi connectivity index (χ0n) is 12.2. The maximum Gasteiger partial charge on any atom is 0.316 e. The van der Waals surface area contributed by atoms with Crippen LogP contribution >= 0.6 is 0 Å². The van der Waals surface area contributed by atoms with Crippen molar-refractivity contribution in [3.8, 4) is 12.0 Å². The van der Waals surface area contributed by atoms with E-state index in [1.54, 1.807) is 24.8 Å². The molecule has 0 saturated carbocycles. The van der Waals surface area contributed by atoms with Crippen LogP contribution in [0.5, 0.6) is 12.0 Å². The topological polar surface area (TPSA) is 79.2 Å². The first-order valence-corrected chi connectivity index (χ1v) is 6.64. The van der Waals surface area contributed by atoms with Gasteiger partial charge in [0.15, 0.2) is 0 Å². The Morgan fingerprint density at radius 1 is 0.667 bits per heavy atom. The van der Waals surface area contributed by atoms with E-state index < -0.39 is 0 Å². The minimum atomic E-state index is 0.355. The number of ether oxygens (including phenoxy) is 3. The Hall–Kier alpha value is -2.28. The third-order valence-corrected chi connectivity index (χ3v) is 2.43. The largest absolute Gasteiger partial charge is 0.461 e. The molecule has 0 radical (unpaired) electrons. The van der Waals surface area contributed by atoms with E-state index in [-0.39, 0.29) is 0 Å². The summed E-state index contributed by atoms with van der Waals surface area (Å²) in [5.74, 6) is 0. The predicted molar refractivity (Wildman–Crippen MR) is 75.3 cm³/mol. The molecular formula is C14H18N4O3. The molecular weight excluding hydrogens is 272 g/mol. The molecule has 0 amide bonds. The zero-order chi connectivity index (χ0) is 14.9. The molecule has 0 saturated heterocycles. The fourth-order valence-corrected chi connectivity index (χ4v) is 1.40. The molecule has 0 spiro atoms. The highest BCUT2D eigenvalue weighted by molar-refractivity contribution is 5.05. The molecule has 0 aliphatic heterocycles. The summed E-state index contributed by atoms with van der Waals surface area (Å²) in [6.07, 6.45) is 6.83. The molecule has 2 rings (SSSR count). The van der Waals surface area contributed by atoms with E-state index >= 15 is 0 Å². The van der Waals surface area contributed by atoms with E-state index in [1.165, 1.54) is 0 Å². The van der Waals surface area contributed by atoms with E-state index in [9.17, 15) is 0 Å². The van der Waals surface area contributed by atoms with Gasteiger partial charge in [0.2, 0.25) is 0 Å². The minimum Gasteiger partial charge on any atom is -0.461 e. The van der Waals surface area contributed by atoms with Gasteiger partial charge in [0.1, 0.15) is 13.2 Å². The minimum absolute atomic E-state index is 0.355. The van der Waals surface area contributed by atoms with Crippen molar-refractivity contribution < 1.29 is 14.2 Å². The van der Waals surface area contributed by atoms with Gasteiger partial charge in [-0.3, -0.25) is 0 Å². The Labute approximate surface area is 123 Å². The normalized spacial score (nSPS) is 10.4. The van der Waals surface area contributed by atoms with Crippen molar-refractivity contribution in [3.63, 3.8) is 0 Å². The SMILES string of the molecule is Cc1cnc(OCCOCCOc2ncc(C)cn2)nc1. The van der Waals surface area contributed by atoms with Gasteiger partial charge >= 0.3 is 12.0 Å². The van der Waals surface area contributed by atoms with E-state index in [4.69, 9.17) is 14.2 Å². The van der Waals surface area contributed by atoms with Gasteiger partial charge in [-0.1, -0.05) is 0 Å². The molecule has 21 heavy (non-hydrogen) atoms. The molecule has 0 aliphatic rings. The Bertz CT molecular complexity index is 481. The van der Waals surface area contributed by atoms with Gasteiger partial charge in [0.05, 0.1) is 13.2 Å². The molecule has 2 aromatic rings. The number of aryl methyl sites for hydroxylation is 2. The van der Waals surface area contributed by atoms with Gasteiger partial charge in [0.25, 0.3) is 0 Å². The molecule has 2 heterocycles. The maximum atomic E-state index is 5.36. The van der Waals surface area contributed by atoms with Gasteiger partial charge in [-0.15, -0.1) is 0 Å². The van der Waals surface area contributed by atoms with Crippen LogP contribution in [0.15, 0.2) is 24.8 Å². The lowest BCUT2D eigenvalue weighted by molar-refractivity contribution is 0.0718. The number of rotatable bonds is 8.